The summed E-state index contributed by atoms with van der Waals surface area (Å²) in [6.07, 6.45) is 1.52. The fraction of sp³-hybridized carbons (Fsp3) is 0.158. The molecule has 1 atom stereocenters. The van der Waals surface area contributed by atoms with Gasteiger partial charge in [0.15, 0.2) is 6.10 Å². The summed E-state index contributed by atoms with van der Waals surface area (Å²) in [4.78, 5) is 23.9. The highest BCUT2D eigenvalue weighted by Crippen LogP contribution is 2.10. The molecule has 0 aromatic heterocycles. The summed E-state index contributed by atoms with van der Waals surface area (Å²) in [6.45, 7) is 3.43. The van der Waals surface area contributed by atoms with E-state index in [-0.39, 0.29) is 11.3 Å². The van der Waals surface area contributed by atoms with Gasteiger partial charge in [-0.1, -0.05) is 48.0 Å². The second-order valence-corrected chi connectivity index (χ2v) is 5.16. The number of ketones is 1. The molecule has 118 valence electrons. The van der Waals surface area contributed by atoms with Crippen molar-refractivity contribution in [3.8, 4) is 0 Å². The maximum Gasteiger partial charge on any atom is 0.331 e. The second-order valence-electron chi connectivity index (χ2n) is 5.16. The third-order valence-corrected chi connectivity index (χ3v) is 3.30. The molecule has 0 saturated carbocycles. The van der Waals surface area contributed by atoms with Crippen LogP contribution in [0, 0.1) is 12.7 Å². The first-order valence-corrected chi connectivity index (χ1v) is 7.21. The van der Waals surface area contributed by atoms with Crippen LogP contribution in [0.2, 0.25) is 0 Å². The number of ether oxygens (including phenoxy) is 1. The van der Waals surface area contributed by atoms with Gasteiger partial charge in [0.1, 0.15) is 5.82 Å². The molecule has 0 aliphatic carbocycles. The van der Waals surface area contributed by atoms with Crippen LogP contribution < -0.4 is 0 Å². The Balaban J connectivity index is 1.98. The van der Waals surface area contributed by atoms with E-state index in [2.05, 4.69) is 0 Å². The number of halogens is 1. The fourth-order valence-corrected chi connectivity index (χ4v) is 1.99. The molecule has 0 N–H and O–H groups in total. The van der Waals surface area contributed by atoms with Crippen LogP contribution >= 0.6 is 0 Å². The van der Waals surface area contributed by atoms with Crippen molar-refractivity contribution in [1.82, 2.24) is 0 Å². The average molecular weight is 312 g/mol. The zero-order valence-corrected chi connectivity index (χ0v) is 13.0. The van der Waals surface area contributed by atoms with Crippen molar-refractivity contribution in [2.45, 2.75) is 20.0 Å². The third-order valence-electron chi connectivity index (χ3n) is 3.30. The summed E-state index contributed by atoms with van der Waals surface area (Å²) in [7, 11) is 0. The summed E-state index contributed by atoms with van der Waals surface area (Å²) in [5, 5.41) is 0. The Hall–Kier alpha value is -2.75. The first kappa shape index (κ1) is 16.6. The first-order valence-electron chi connectivity index (χ1n) is 7.21. The zero-order chi connectivity index (χ0) is 16.8. The van der Waals surface area contributed by atoms with Gasteiger partial charge in [-0.3, -0.25) is 4.79 Å². The van der Waals surface area contributed by atoms with E-state index in [4.69, 9.17) is 4.74 Å². The van der Waals surface area contributed by atoms with E-state index in [0.717, 1.165) is 11.6 Å². The molecule has 0 heterocycles. The minimum absolute atomic E-state index is 0.280. The van der Waals surface area contributed by atoms with Gasteiger partial charge in [-0.15, -0.1) is 0 Å². The fourth-order valence-electron chi connectivity index (χ4n) is 1.99. The summed E-state index contributed by atoms with van der Waals surface area (Å²) < 4.78 is 18.5. The Labute approximate surface area is 134 Å². The molecule has 0 radical (unpaired) electrons. The third kappa shape index (κ3) is 4.61. The van der Waals surface area contributed by atoms with Crippen LogP contribution in [0.1, 0.15) is 28.4 Å². The predicted octanol–water partition coefficient (Wildman–Crippen LogP) is 3.96. The normalized spacial score (nSPS) is 12.1. The molecule has 0 aliphatic rings. The lowest BCUT2D eigenvalue weighted by atomic mass is 10.1. The van der Waals surface area contributed by atoms with Crippen LogP contribution in [0.3, 0.4) is 0 Å². The van der Waals surface area contributed by atoms with Gasteiger partial charge in [0.2, 0.25) is 5.78 Å². The van der Waals surface area contributed by atoms with Gasteiger partial charge in [0.25, 0.3) is 0 Å². The molecular weight excluding hydrogens is 295 g/mol. The molecule has 2 rings (SSSR count). The largest absolute Gasteiger partial charge is 0.451 e. The molecule has 0 fully saturated rings. The van der Waals surface area contributed by atoms with Gasteiger partial charge >= 0.3 is 5.97 Å². The second kappa shape index (κ2) is 7.49. The molecule has 0 aliphatic heterocycles. The molecular formula is C19H17FO3. The molecule has 2 aromatic rings. The van der Waals surface area contributed by atoms with E-state index in [1.807, 2.05) is 19.1 Å². The van der Waals surface area contributed by atoms with Crippen LogP contribution in [-0.4, -0.2) is 17.9 Å². The highest BCUT2D eigenvalue weighted by Gasteiger charge is 2.18. The van der Waals surface area contributed by atoms with Gasteiger partial charge in [0.05, 0.1) is 0 Å². The molecule has 23 heavy (non-hydrogen) atoms. The molecule has 0 amide bonds. The highest BCUT2D eigenvalue weighted by molar-refractivity contribution is 6.01. The average Bonchev–Trinajstić information content (AvgIpc) is 2.54. The van der Waals surface area contributed by atoms with Crippen molar-refractivity contribution >= 4 is 17.8 Å². The number of carbonyl (C=O) groups is 2. The van der Waals surface area contributed by atoms with Gasteiger partial charge in [-0.25, -0.2) is 9.18 Å². The van der Waals surface area contributed by atoms with Crippen LogP contribution in [0.4, 0.5) is 4.39 Å². The summed E-state index contributed by atoms with van der Waals surface area (Å²) in [5.74, 6) is -1.40. The van der Waals surface area contributed by atoms with Crippen LogP contribution in [-0.2, 0) is 9.53 Å². The zero-order valence-electron chi connectivity index (χ0n) is 13.0. The number of carbonyl (C=O) groups excluding carboxylic acids is 2. The van der Waals surface area contributed by atoms with Crippen molar-refractivity contribution in [3.05, 3.63) is 77.1 Å². The van der Waals surface area contributed by atoms with E-state index < -0.39 is 17.9 Å². The van der Waals surface area contributed by atoms with Crippen molar-refractivity contribution < 1.29 is 18.7 Å². The number of hydrogen-bond acceptors (Lipinski definition) is 3. The molecule has 2 aromatic carbocycles. The van der Waals surface area contributed by atoms with E-state index in [9.17, 15) is 14.0 Å². The topological polar surface area (TPSA) is 43.4 Å². The smallest absolute Gasteiger partial charge is 0.331 e. The van der Waals surface area contributed by atoms with Crippen LogP contribution in [0.5, 0.6) is 0 Å². The molecule has 0 spiro atoms. The minimum Gasteiger partial charge on any atom is -0.451 e. The van der Waals surface area contributed by atoms with Crippen molar-refractivity contribution in [1.29, 1.82) is 0 Å². The number of esters is 1. The Morgan fingerprint density at radius 3 is 2.39 bits per heavy atom. The standard InChI is InChI=1S/C19H17FO3/c1-13-7-9-16(10-8-13)19(22)14(2)23-18(21)12-11-15-5-3-4-6-17(15)20/h3-12,14H,1-2H3/b12-11+/t14-/m0/s1. The van der Waals surface area contributed by atoms with Crippen molar-refractivity contribution in [3.63, 3.8) is 0 Å². The molecule has 0 unspecified atom stereocenters. The number of Topliss-reactive ketones (excluding diaryl/α,β-unsaturated/α-hetero) is 1. The lowest BCUT2D eigenvalue weighted by molar-refractivity contribution is -0.140. The quantitative estimate of drug-likeness (QED) is 0.477. The number of benzene rings is 2. The maximum atomic E-state index is 13.4. The first-order chi connectivity index (χ1) is 11.0. The Morgan fingerprint density at radius 2 is 1.74 bits per heavy atom. The van der Waals surface area contributed by atoms with E-state index >= 15 is 0 Å². The number of hydrogen-bond donors (Lipinski definition) is 0. The number of aryl methyl sites for hydroxylation is 1. The van der Waals surface area contributed by atoms with Crippen molar-refractivity contribution in [2.75, 3.05) is 0 Å². The van der Waals surface area contributed by atoms with Crippen LogP contribution in [0.25, 0.3) is 6.08 Å². The van der Waals surface area contributed by atoms with E-state index in [1.165, 1.54) is 19.1 Å². The molecule has 4 heteroatoms. The maximum absolute atomic E-state index is 13.4. The van der Waals surface area contributed by atoms with Gasteiger partial charge in [0, 0.05) is 17.2 Å². The van der Waals surface area contributed by atoms with Crippen LogP contribution in [0.15, 0.2) is 54.6 Å². The summed E-state index contributed by atoms with van der Waals surface area (Å²) in [6, 6.07) is 13.1. The predicted molar refractivity (Wildman–Crippen MR) is 86.5 cm³/mol. The lowest BCUT2D eigenvalue weighted by Crippen LogP contribution is -2.23. The highest BCUT2D eigenvalue weighted by atomic mass is 19.1. The van der Waals surface area contributed by atoms with Gasteiger partial charge in [-0.2, -0.15) is 0 Å². The minimum atomic E-state index is -0.907. The Kier molecular flexibility index (Phi) is 5.41. The summed E-state index contributed by atoms with van der Waals surface area (Å²) in [5.41, 5.74) is 1.80. The van der Waals surface area contributed by atoms with Gasteiger partial charge < -0.3 is 4.74 Å². The Morgan fingerprint density at radius 1 is 1.09 bits per heavy atom. The van der Waals surface area contributed by atoms with Crippen molar-refractivity contribution in [2.24, 2.45) is 0 Å². The SMILES string of the molecule is Cc1ccc(C(=O)[C@H](C)OC(=O)/C=C/c2ccccc2F)cc1. The van der Waals surface area contributed by atoms with E-state index in [0.29, 0.717) is 5.56 Å². The molecule has 0 bridgehead atoms. The van der Waals surface area contributed by atoms with E-state index in [1.54, 1.807) is 30.3 Å². The molecule has 0 saturated heterocycles. The lowest BCUT2D eigenvalue weighted by Gasteiger charge is -2.11. The molecule has 3 nitrogen and oxygen atoms in total. The summed E-state index contributed by atoms with van der Waals surface area (Å²) >= 11 is 0. The van der Waals surface area contributed by atoms with Gasteiger partial charge in [-0.05, 0) is 26.0 Å². The monoisotopic (exact) mass is 312 g/mol. The number of rotatable bonds is 5. The Bertz CT molecular complexity index is 733.